The fourth-order valence-corrected chi connectivity index (χ4v) is 1.46. The lowest BCUT2D eigenvalue weighted by molar-refractivity contribution is -0.121. The number of carboxylic acids is 1. The molecule has 19 heavy (non-hydrogen) atoms. The zero-order valence-corrected chi connectivity index (χ0v) is 10.9. The van der Waals surface area contributed by atoms with Crippen molar-refractivity contribution in [1.82, 2.24) is 10.3 Å². The van der Waals surface area contributed by atoms with Crippen molar-refractivity contribution in [2.75, 3.05) is 17.6 Å². The van der Waals surface area contributed by atoms with Crippen LogP contribution in [0.5, 0.6) is 0 Å². The van der Waals surface area contributed by atoms with Gasteiger partial charge in [-0.25, -0.2) is 9.78 Å². The number of aromatic nitrogens is 1. The molecule has 0 radical (unpaired) electrons. The average molecular weight is 266 g/mol. The molecule has 1 unspecified atom stereocenters. The highest BCUT2D eigenvalue weighted by Crippen LogP contribution is 2.17. The number of hydrogen-bond donors (Lipinski definition) is 4. The highest BCUT2D eigenvalue weighted by Gasteiger charge is 2.17. The van der Waals surface area contributed by atoms with Gasteiger partial charge in [0.15, 0.2) is 0 Å². The van der Waals surface area contributed by atoms with E-state index in [1.807, 2.05) is 6.92 Å². The van der Waals surface area contributed by atoms with Gasteiger partial charge in [0.05, 0.1) is 17.4 Å². The number of nitrogen functional groups attached to an aromatic ring is 1. The molecule has 0 aliphatic carbocycles. The molecule has 0 fully saturated rings. The van der Waals surface area contributed by atoms with Crippen LogP contribution in [0.2, 0.25) is 0 Å². The molecule has 1 atom stereocenters. The van der Waals surface area contributed by atoms with Crippen LogP contribution in [0.4, 0.5) is 11.5 Å². The maximum Gasteiger partial charge on any atom is 0.337 e. The van der Waals surface area contributed by atoms with Gasteiger partial charge in [-0.3, -0.25) is 4.79 Å². The quantitative estimate of drug-likeness (QED) is 0.601. The molecule has 5 N–H and O–H groups in total. The summed E-state index contributed by atoms with van der Waals surface area (Å²) in [6, 6.07) is 0.691. The minimum absolute atomic E-state index is 0.0114. The first-order valence-electron chi connectivity index (χ1n) is 5.98. The van der Waals surface area contributed by atoms with Crippen LogP contribution < -0.4 is 16.4 Å². The van der Waals surface area contributed by atoms with E-state index in [2.05, 4.69) is 15.6 Å². The van der Waals surface area contributed by atoms with Gasteiger partial charge in [-0.1, -0.05) is 6.92 Å². The van der Waals surface area contributed by atoms with Crippen molar-refractivity contribution >= 4 is 23.4 Å². The SMILES string of the molecule is CCCNC(=O)C(C)Nc1cnc(N)cc1C(=O)O. The van der Waals surface area contributed by atoms with Gasteiger partial charge in [0.1, 0.15) is 11.9 Å². The predicted molar refractivity (Wildman–Crippen MR) is 72.0 cm³/mol. The lowest BCUT2D eigenvalue weighted by Crippen LogP contribution is -2.38. The van der Waals surface area contributed by atoms with Gasteiger partial charge in [0.2, 0.25) is 5.91 Å². The Morgan fingerprint density at radius 2 is 2.21 bits per heavy atom. The second-order valence-electron chi connectivity index (χ2n) is 4.12. The van der Waals surface area contributed by atoms with Gasteiger partial charge < -0.3 is 21.5 Å². The number of hydrogen-bond acceptors (Lipinski definition) is 5. The Labute approximate surface area is 111 Å². The van der Waals surface area contributed by atoms with Crippen LogP contribution in [-0.2, 0) is 4.79 Å². The molecule has 7 nitrogen and oxygen atoms in total. The number of nitrogens with zero attached hydrogens (tertiary/aromatic N) is 1. The molecule has 1 aromatic heterocycles. The van der Waals surface area contributed by atoms with Crippen LogP contribution in [0.3, 0.4) is 0 Å². The van der Waals surface area contributed by atoms with E-state index in [0.717, 1.165) is 6.42 Å². The third kappa shape index (κ3) is 4.13. The number of anilines is 2. The van der Waals surface area contributed by atoms with E-state index in [4.69, 9.17) is 10.8 Å². The monoisotopic (exact) mass is 266 g/mol. The topological polar surface area (TPSA) is 117 Å². The lowest BCUT2D eigenvalue weighted by Gasteiger charge is -2.16. The summed E-state index contributed by atoms with van der Waals surface area (Å²) < 4.78 is 0. The summed E-state index contributed by atoms with van der Waals surface area (Å²) in [7, 11) is 0. The fraction of sp³-hybridized carbons (Fsp3) is 0.417. The number of aromatic carboxylic acids is 1. The number of carboxylic acid groups (broad SMARTS) is 1. The van der Waals surface area contributed by atoms with Crippen molar-refractivity contribution in [3.8, 4) is 0 Å². The molecule has 0 spiro atoms. The van der Waals surface area contributed by atoms with Gasteiger partial charge in [-0.15, -0.1) is 0 Å². The largest absolute Gasteiger partial charge is 0.478 e. The molecule has 0 aliphatic rings. The Morgan fingerprint density at radius 3 is 2.79 bits per heavy atom. The van der Waals surface area contributed by atoms with E-state index in [1.165, 1.54) is 12.3 Å². The maximum atomic E-state index is 11.7. The molecule has 0 aliphatic heterocycles. The average Bonchev–Trinajstić information content (AvgIpc) is 2.37. The van der Waals surface area contributed by atoms with E-state index >= 15 is 0 Å². The number of nitrogens with two attached hydrogens (primary N) is 1. The Balaban J connectivity index is 2.81. The summed E-state index contributed by atoms with van der Waals surface area (Å²) in [6.45, 7) is 4.18. The third-order valence-electron chi connectivity index (χ3n) is 2.47. The zero-order valence-electron chi connectivity index (χ0n) is 10.9. The highest BCUT2D eigenvalue weighted by molar-refractivity contribution is 5.96. The summed E-state index contributed by atoms with van der Waals surface area (Å²) in [5, 5.41) is 14.6. The number of carbonyl (C=O) groups is 2. The number of rotatable bonds is 6. The minimum atomic E-state index is -1.13. The molecule has 104 valence electrons. The van der Waals surface area contributed by atoms with Crippen LogP contribution in [0.1, 0.15) is 30.6 Å². The highest BCUT2D eigenvalue weighted by atomic mass is 16.4. The van der Waals surface area contributed by atoms with Crippen LogP contribution in [0, 0.1) is 0 Å². The molecule has 0 aromatic carbocycles. The molecule has 0 saturated carbocycles. The zero-order chi connectivity index (χ0) is 14.4. The van der Waals surface area contributed by atoms with Gasteiger partial charge in [-0.2, -0.15) is 0 Å². The van der Waals surface area contributed by atoms with Crippen molar-refractivity contribution < 1.29 is 14.7 Å². The molecule has 1 amide bonds. The van der Waals surface area contributed by atoms with E-state index in [0.29, 0.717) is 6.54 Å². The van der Waals surface area contributed by atoms with Gasteiger partial charge in [0.25, 0.3) is 0 Å². The third-order valence-corrected chi connectivity index (χ3v) is 2.47. The number of carbonyl (C=O) groups excluding carboxylic acids is 1. The summed E-state index contributed by atoms with van der Waals surface area (Å²) in [5.41, 5.74) is 5.69. The van der Waals surface area contributed by atoms with Crippen LogP contribution in [0.25, 0.3) is 0 Å². The summed E-state index contributed by atoms with van der Waals surface area (Å²) in [6.07, 6.45) is 2.14. The van der Waals surface area contributed by atoms with Gasteiger partial charge in [-0.05, 0) is 19.4 Å². The smallest absolute Gasteiger partial charge is 0.337 e. The molecule has 1 rings (SSSR count). The first-order valence-corrected chi connectivity index (χ1v) is 5.98. The molecule has 7 heteroatoms. The van der Waals surface area contributed by atoms with Crippen molar-refractivity contribution in [2.24, 2.45) is 0 Å². The van der Waals surface area contributed by atoms with Crippen LogP contribution >= 0.6 is 0 Å². The number of pyridine rings is 1. The number of amides is 1. The van der Waals surface area contributed by atoms with E-state index < -0.39 is 12.0 Å². The Bertz CT molecular complexity index is 476. The van der Waals surface area contributed by atoms with Crippen molar-refractivity contribution in [2.45, 2.75) is 26.3 Å². The Hall–Kier alpha value is -2.31. The van der Waals surface area contributed by atoms with Crippen molar-refractivity contribution in [1.29, 1.82) is 0 Å². The molecular formula is C12H18N4O3. The summed E-state index contributed by atoms with van der Waals surface area (Å²) in [5.74, 6) is -1.21. The molecule has 1 heterocycles. The molecule has 0 saturated heterocycles. The van der Waals surface area contributed by atoms with E-state index in [1.54, 1.807) is 6.92 Å². The Morgan fingerprint density at radius 1 is 1.53 bits per heavy atom. The second kappa shape index (κ2) is 6.58. The van der Waals surface area contributed by atoms with Gasteiger partial charge >= 0.3 is 5.97 Å². The molecule has 0 bridgehead atoms. The lowest BCUT2D eigenvalue weighted by atomic mass is 10.2. The Kier molecular flexibility index (Phi) is 5.11. The maximum absolute atomic E-state index is 11.7. The van der Waals surface area contributed by atoms with Crippen LogP contribution in [0.15, 0.2) is 12.3 Å². The van der Waals surface area contributed by atoms with E-state index in [9.17, 15) is 9.59 Å². The predicted octanol–water partition coefficient (Wildman–Crippen LogP) is 0.689. The summed E-state index contributed by atoms with van der Waals surface area (Å²) >= 11 is 0. The second-order valence-corrected chi connectivity index (χ2v) is 4.12. The number of nitrogens with one attached hydrogen (secondary N) is 2. The molecular weight excluding hydrogens is 248 g/mol. The fourth-order valence-electron chi connectivity index (χ4n) is 1.46. The first kappa shape index (κ1) is 14.7. The van der Waals surface area contributed by atoms with Gasteiger partial charge in [0, 0.05) is 6.54 Å². The normalized spacial score (nSPS) is 11.7. The van der Waals surface area contributed by atoms with Crippen LogP contribution in [-0.4, -0.2) is 34.6 Å². The standard InChI is InChI=1S/C12H18N4O3/c1-3-4-14-11(17)7(2)16-9-6-15-10(13)5-8(9)12(18)19/h5-7,16H,3-4H2,1-2H3,(H2,13,15)(H,14,17)(H,18,19). The summed E-state index contributed by atoms with van der Waals surface area (Å²) in [4.78, 5) is 26.6. The molecule has 1 aromatic rings. The first-order chi connectivity index (χ1) is 8.95. The van der Waals surface area contributed by atoms with Crippen molar-refractivity contribution in [3.05, 3.63) is 17.8 Å². The van der Waals surface area contributed by atoms with E-state index in [-0.39, 0.29) is 23.0 Å². The van der Waals surface area contributed by atoms with Crippen molar-refractivity contribution in [3.63, 3.8) is 0 Å². The minimum Gasteiger partial charge on any atom is -0.478 e.